The lowest BCUT2D eigenvalue weighted by molar-refractivity contribution is 0.0602. The number of nitrogens with one attached hydrogen (secondary N) is 2. The summed E-state index contributed by atoms with van der Waals surface area (Å²) < 4.78 is 52.3. The summed E-state index contributed by atoms with van der Waals surface area (Å²) in [4.78, 5) is 25.3. The Kier molecular flexibility index (Phi) is 8.15. The van der Waals surface area contributed by atoms with E-state index in [1.165, 1.54) is 52.6 Å². The zero-order valence-corrected chi connectivity index (χ0v) is 23.0. The van der Waals surface area contributed by atoms with E-state index in [1.807, 2.05) is 0 Å². The van der Waals surface area contributed by atoms with E-state index in [-0.39, 0.29) is 17.4 Å². The number of sulfonamides is 1. The van der Waals surface area contributed by atoms with Crippen molar-refractivity contribution < 1.29 is 31.9 Å². The lowest BCUT2D eigenvalue weighted by atomic mass is 9.93. The summed E-state index contributed by atoms with van der Waals surface area (Å²) in [5.41, 5.74) is -1.54. The minimum Gasteiger partial charge on any atom is -0.495 e. The van der Waals surface area contributed by atoms with Gasteiger partial charge in [0.2, 0.25) is 16.0 Å². The Balaban J connectivity index is 1.99. The molecule has 2 heterocycles. The van der Waals surface area contributed by atoms with Gasteiger partial charge in [-0.25, -0.2) is 26.9 Å². The van der Waals surface area contributed by atoms with Gasteiger partial charge in [0, 0.05) is 18.3 Å². The number of ether oxygens (including phenoxy) is 2. The summed E-state index contributed by atoms with van der Waals surface area (Å²) in [6.07, 6.45) is 0.507. The first-order valence-corrected chi connectivity index (χ1v) is 13.0. The number of pyridine rings is 1. The highest BCUT2D eigenvalue weighted by molar-refractivity contribution is 7.89. The van der Waals surface area contributed by atoms with Crippen molar-refractivity contribution in [2.45, 2.75) is 38.8 Å². The Hall–Kier alpha value is -3.94. The Bertz CT molecular complexity index is 1360. The Labute approximate surface area is 220 Å². The maximum atomic E-state index is 15.2. The minimum atomic E-state index is -3.99. The van der Waals surface area contributed by atoms with Gasteiger partial charge >= 0.3 is 6.09 Å². The van der Waals surface area contributed by atoms with Crippen LogP contribution in [-0.4, -0.2) is 68.2 Å². The van der Waals surface area contributed by atoms with E-state index in [2.05, 4.69) is 25.8 Å². The van der Waals surface area contributed by atoms with E-state index in [9.17, 15) is 13.2 Å². The number of halogens is 1. The van der Waals surface area contributed by atoms with Crippen molar-refractivity contribution in [2.75, 3.05) is 32.3 Å². The molecule has 0 aliphatic carbocycles. The molecule has 0 unspecified atom stereocenters. The molecule has 1 atom stereocenters. The number of rotatable bonds is 5. The van der Waals surface area contributed by atoms with Crippen molar-refractivity contribution in [1.29, 1.82) is 0 Å². The highest BCUT2D eigenvalue weighted by Crippen LogP contribution is 2.32. The zero-order valence-electron chi connectivity index (χ0n) is 22.2. The van der Waals surface area contributed by atoms with Gasteiger partial charge in [-0.3, -0.25) is 0 Å². The van der Waals surface area contributed by atoms with Crippen LogP contribution in [0, 0.1) is 5.82 Å². The third-order valence-electron chi connectivity index (χ3n) is 5.39. The van der Waals surface area contributed by atoms with Crippen LogP contribution in [0.5, 0.6) is 5.75 Å². The average Bonchev–Trinajstić information content (AvgIpc) is 2.81. The molecule has 3 rings (SSSR count). The highest BCUT2D eigenvalue weighted by atomic mass is 32.2. The molecule has 206 valence electrons. The second-order valence-electron chi connectivity index (χ2n) is 9.62. The largest absolute Gasteiger partial charge is 0.495 e. The molecule has 0 spiro atoms. The maximum absolute atomic E-state index is 15.2. The van der Waals surface area contributed by atoms with Gasteiger partial charge in [-0.2, -0.15) is 0 Å². The first-order chi connectivity index (χ1) is 17.7. The molecular formula is C24H31FN6O6S. The third kappa shape index (κ3) is 6.68. The van der Waals surface area contributed by atoms with Crippen LogP contribution in [0.1, 0.15) is 39.0 Å². The number of benzene rings is 1. The molecule has 0 saturated carbocycles. The fourth-order valence-corrected chi connectivity index (χ4v) is 5.10. The summed E-state index contributed by atoms with van der Waals surface area (Å²) in [5, 5.41) is 9.88. The van der Waals surface area contributed by atoms with Crippen LogP contribution in [0.15, 0.2) is 46.7 Å². The van der Waals surface area contributed by atoms with Gasteiger partial charge in [0.1, 0.15) is 30.0 Å². The number of carbonyl (C=O) groups excluding carboxylic acids is 1. The van der Waals surface area contributed by atoms with E-state index in [0.29, 0.717) is 17.1 Å². The van der Waals surface area contributed by atoms with Crippen LogP contribution in [0.2, 0.25) is 0 Å². The van der Waals surface area contributed by atoms with Crippen molar-refractivity contribution in [1.82, 2.24) is 14.6 Å². The zero-order chi connectivity index (χ0) is 28.3. The van der Waals surface area contributed by atoms with Gasteiger partial charge in [-0.05, 0) is 58.0 Å². The number of methoxy groups -OCH3 is 1. The molecule has 2 N–H and O–H groups in total. The number of anilines is 1. The fourth-order valence-electron chi connectivity index (χ4n) is 3.60. The van der Waals surface area contributed by atoms with Crippen molar-refractivity contribution in [3.8, 4) is 5.75 Å². The van der Waals surface area contributed by atoms with Gasteiger partial charge in [0.25, 0.3) is 0 Å². The van der Waals surface area contributed by atoms with E-state index in [0.717, 1.165) is 4.31 Å². The molecule has 1 saturated heterocycles. The van der Waals surface area contributed by atoms with Crippen molar-refractivity contribution in [2.24, 2.45) is 10.1 Å². The standard InChI is InChI=1S/C24H31FN6O6S/c1-23(2,3)37-22(32)28-21-29-24(4,14-38(33,34)31(21)5)17-12-15(8-10-18(17)25)27-20(30-36-7)19-11-9-16(35-6)13-26-19/h8-13H,14H2,1-7H3,(H,27,30)(H,28,29,32)/t24-/m0/s1. The Morgan fingerprint density at radius 3 is 2.53 bits per heavy atom. The fraction of sp³-hybridized carbons (Fsp3) is 0.417. The molecule has 12 nitrogen and oxygen atoms in total. The molecule has 38 heavy (non-hydrogen) atoms. The predicted octanol–water partition coefficient (Wildman–Crippen LogP) is 3.02. The van der Waals surface area contributed by atoms with Crippen LogP contribution < -0.4 is 15.4 Å². The van der Waals surface area contributed by atoms with Gasteiger partial charge in [-0.1, -0.05) is 5.16 Å². The number of carbonyl (C=O) groups is 1. The van der Waals surface area contributed by atoms with Crippen LogP contribution in [0.3, 0.4) is 0 Å². The molecular weight excluding hydrogens is 519 g/mol. The normalized spacial score (nSPS) is 20.5. The average molecular weight is 551 g/mol. The molecule has 0 bridgehead atoms. The summed E-state index contributed by atoms with van der Waals surface area (Å²) in [6, 6.07) is 7.41. The first kappa shape index (κ1) is 28.6. The van der Waals surface area contributed by atoms with Crippen molar-refractivity contribution in [3.05, 3.63) is 53.6 Å². The summed E-state index contributed by atoms with van der Waals surface area (Å²) in [5.74, 6) is -0.719. The smallest absolute Gasteiger partial charge is 0.437 e. The van der Waals surface area contributed by atoms with Gasteiger partial charge in [0.15, 0.2) is 5.84 Å². The van der Waals surface area contributed by atoms with E-state index in [4.69, 9.17) is 14.3 Å². The van der Waals surface area contributed by atoms with Gasteiger partial charge in [0.05, 0.1) is 24.6 Å². The summed E-state index contributed by atoms with van der Waals surface area (Å²) in [7, 11) is 0.135. The van der Waals surface area contributed by atoms with Crippen molar-refractivity contribution >= 4 is 33.6 Å². The molecule has 1 fully saturated rings. The molecule has 14 heteroatoms. The SMILES string of the molecule is CO/N=C(/Nc1ccc(F)c([C@]2(C)CS(=O)(=O)N(C)/C(=N\C(=O)OC(C)(C)C)N2)c1)c1ccc(OC)cn1. The topological polar surface area (TPSA) is 144 Å². The minimum absolute atomic E-state index is 0.00974. The predicted molar refractivity (Wildman–Crippen MR) is 140 cm³/mol. The van der Waals surface area contributed by atoms with Gasteiger partial charge < -0.3 is 24.9 Å². The second-order valence-corrected chi connectivity index (χ2v) is 11.6. The molecule has 1 amide bonds. The van der Waals surface area contributed by atoms with E-state index < -0.39 is 38.8 Å². The molecule has 1 aromatic heterocycles. The number of oxime groups is 1. The summed E-state index contributed by atoms with van der Waals surface area (Å²) >= 11 is 0. The number of nitrogens with zero attached hydrogens (tertiary/aromatic N) is 4. The second kappa shape index (κ2) is 10.8. The lowest BCUT2D eigenvalue weighted by Gasteiger charge is -2.40. The highest BCUT2D eigenvalue weighted by Gasteiger charge is 2.44. The molecule has 1 aliphatic heterocycles. The van der Waals surface area contributed by atoms with Crippen LogP contribution in [0.4, 0.5) is 14.9 Å². The summed E-state index contributed by atoms with van der Waals surface area (Å²) in [6.45, 7) is 6.46. The van der Waals surface area contributed by atoms with Crippen LogP contribution in [0.25, 0.3) is 0 Å². The van der Waals surface area contributed by atoms with Gasteiger partial charge in [-0.15, -0.1) is 4.99 Å². The number of amidine groups is 1. The van der Waals surface area contributed by atoms with E-state index >= 15 is 4.39 Å². The first-order valence-electron chi connectivity index (χ1n) is 11.4. The lowest BCUT2D eigenvalue weighted by Crippen LogP contribution is -2.61. The van der Waals surface area contributed by atoms with Crippen molar-refractivity contribution in [3.63, 3.8) is 0 Å². The molecule has 1 aliphatic rings. The quantitative estimate of drug-likeness (QED) is 0.326. The number of aliphatic imine (C=N–C) groups is 1. The number of guanidine groups is 1. The number of aromatic nitrogens is 1. The Morgan fingerprint density at radius 1 is 1.24 bits per heavy atom. The van der Waals surface area contributed by atoms with Crippen LogP contribution in [-0.2, 0) is 25.1 Å². The molecule has 0 radical (unpaired) electrons. The number of hydrogen-bond donors (Lipinski definition) is 2. The Morgan fingerprint density at radius 2 is 1.95 bits per heavy atom. The molecule has 2 aromatic rings. The number of hydrogen-bond acceptors (Lipinski definition) is 8. The van der Waals surface area contributed by atoms with E-state index in [1.54, 1.807) is 32.9 Å². The van der Waals surface area contributed by atoms with Crippen LogP contribution >= 0.6 is 0 Å². The third-order valence-corrected chi connectivity index (χ3v) is 7.34. The molecule has 1 aromatic carbocycles. The number of amides is 1. The maximum Gasteiger partial charge on any atom is 0.437 e. The monoisotopic (exact) mass is 550 g/mol.